The summed E-state index contributed by atoms with van der Waals surface area (Å²) in [6.07, 6.45) is -1.23. The molecule has 0 aliphatic rings. The maximum absolute atomic E-state index is 9.52. The molecular formula is C3H6O3S. The number of hydrogen-bond acceptors (Lipinski definition) is 3. The molecule has 0 saturated heterocycles. The second-order valence-corrected chi connectivity index (χ2v) is 1.74. The molecule has 0 fully saturated rings. The molecule has 4 heteroatoms. The molecule has 0 aliphatic heterocycles. The van der Waals surface area contributed by atoms with E-state index in [1.54, 1.807) is 0 Å². The molecule has 7 heavy (non-hydrogen) atoms. The van der Waals surface area contributed by atoms with Crippen molar-refractivity contribution in [1.82, 2.24) is 0 Å². The Labute approximate surface area is 45.9 Å². The SMILES string of the molecule is CCSOC(=O)O. The Balaban J connectivity index is 2.82. The van der Waals surface area contributed by atoms with Gasteiger partial charge in [-0.05, 0) is 0 Å². The second-order valence-electron chi connectivity index (χ2n) is 0.756. The third-order valence-electron chi connectivity index (χ3n) is 0.248. The van der Waals surface area contributed by atoms with Crippen LogP contribution < -0.4 is 0 Å². The average Bonchev–Trinajstić information content (AvgIpc) is 1.61. The van der Waals surface area contributed by atoms with Crippen LogP contribution in [0.4, 0.5) is 4.79 Å². The first-order chi connectivity index (χ1) is 3.27. The van der Waals surface area contributed by atoms with Gasteiger partial charge in [-0.3, -0.25) is 0 Å². The van der Waals surface area contributed by atoms with Crippen molar-refractivity contribution in [3.63, 3.8) is 0 Å². The summed E-state index contributed by atoms with van der Waals surface area (Å²) in [6.45, 7) is 1.81. The number of carboxylic acid groups (broad SMARTS) is 1. The lowest BCUT2D eigenvalue weighted by Crippen LogP contribution is -1.90. The first kappa shape index (κ1) is 6.62. The minimum Gasteiger partial charge on any atom is -0.449 e. The topological polar surface area (TPSA) is 46.5 Å². The maximum Gasteiger partial charge on any atom is 0.518 e. The highest BCUT2D eigenvalue weighted by atomic mass is 32.2. The summed E-state index contributed by atoms with van der Waals surface area (Å²) in [6, 6.07) is 0. The lowest BCUT2D eigenvalue weighted by molar-refractivity contribution is 0.153. The Kier molecular flexibility index (Phi) is 3.59. The number of hydrogen-bond donors (Lipinski definition) is 1. The molecule has 0 aliphatic carbocycles. The maximum atomic E-state index is 9.52. The average molecular weight is 122 g/mol. The molecule has 0 atom stereocenters. The van der Waals surface area contributed by atoms with Crippen molar-refractivity contribution >= 4 is 18.2 Å². The van der Waals surface area contributed by atoms with E-state index in [0.29, 0.717) is 5.75 Å². The predicted octanol–water partition coefficient (Wildman–Crippen LogP) is 1.35. The Morgan fingerprint density at radius 1 is 2.00 bits per heavy atom. The third-order valence-corrected chi connectivity index (χ3v) is 0.744. The summed E-state index contributed by atoms with van der Waals surface area (Å²) in [7, 11) is 0. The largest absolute Gasteiger partial charge is 0.518 e. The fourth-order valence-corrected chi connectivity index (χ4v) is 0.328. The monoisotopic (exact) mass is 122 g/mol. The van der Waals surface area contributed by atoms with Gasteiger partial charge in [0.2, 0.25) is 0 Å². The van der Waals surface area contributed by atoms with Crippen LogP contribution in [0.5, 0.6) is 0 Å². The zero-order chi connectivity index (χ0) is 5.70. The lowest BCUT2D eigenvalue weighted by atomic mass is 11.0. The van der Waals surface area contributed by atoms with Gasteiger partial charge in [0.05, 0.1) is 12.0 Å². The van der Waals surface area contributed by atoms with E-state index in [1.807, 2.05) is 6.92 Å². The summed E-state index contributed by atoms with van der Waals surface area (Å²) in [4.78, 5) is 9.52. The van der Waals surface area contributed by atoms with Crippen LogP contribution in [0.3, 0.4) is 0 Å². The van der Waals surface area contributed by atoms with Gasteiger partial charge >= 0.3 is 6.16 Å². The molecule has 0 bridgehead atoms. The number of carbonyl (C=O) groups is 1. The van der Waals surface area contributed by atoms with E-state index < -0.39 is 6.16 Å². The van der Waals surface area contributed by atoms with E-state index >= 15 is 0 Å². The molecule has 42 valence electrons. The molecule has 0 aromatic carbocycles. The molecule has 0 saturated carbocycles. The van der Waals surface area contributed by atoms with Gasteiger partial charge in [0.1, 0.15) is 0 Å². The van der Waals surface area contributed by atoms with E-state index in [0.717, 1.165) is 12.0 Å². The molecule has 0 radical (unpaired) electrons. The zero-order valence-corrected chi connectivity index (χ0v) is 4.70. The van der Waals surface area contributed by atoms with Crippen molar-refractivity contribution < 1.29 is 14.1 Å². The van der Waals surface area contributed by atoms with Gasteiger partial charge in [0.15, 0.2) is 0 Å². The quantitative estimate of drug-likeness (QED) is 0.561. The lowest BCUT2D eigenvalue weighted by Gasteiger charge is -1.89. The predicted molar refractivity (Wildman–Crippen MR) is 27.2 cm³/mol. The summed E-state index contributed by atoms with van der Waals surface area (Å²) in [5.74, 6) is 0.659. The van der Waals surface area contributed by atoms with Crippen LogP contribution in [-0.2, 0) is 4.18 Å². The Morgan fingerprint density at radius 2 is 2.57 bits per heavy atom. The molecule has 0 unspecified atom stereocenters. The Morgan fingerprint density at radius 3 is 2.71 bits per heavy atom. The molecule has 0 spiro atoms. The van der Waals surface area contributed by atoms with Gasteiger partial charge in [0.25, 0.3) is 0 Å². The smallest absolute Gasteiger partial charge is 0.449 e. The Bertz CT molecular complexity index is 63.2. The molecule has 1 N–H and O–H groups in total. The molecule has 0 rings (SSSR count). The molecule has 0 aromatic rings. The summed E-state index contributed by atoms with van der Waals surface area (Å²) < 4.78 is 4.02. The van der Waals surface area contributed by atoms with Crippen molar-refractivity contribution in [3.8, 4) is 0 Å². The highest BCUT2D eigenvalue weighted by Crippen LogP contribution is 1.99. The number of rotatable bonds is 2. The van der Waals surface area contributed by atoms with Gasteiger partial charge in [0, 0.05) is 5.75 Å². The third kappa shape index (κ3) is 5.62. The normalized spacial score (nSPS) is 8.14. The van der Waals surface area contributed by atoms with Gasteiger partial charge in [-0.15, -0.1) is 0 Å². The first-order valence-electron chi connectivity index (χ1n) is 1.79. The summed E-state index contributed by atoms with van der Waals surface area (Å²) in [5.41, 5.74) is 0. The van der Waals surface area contributed by atoms with Crippen LogP contribution in [0.15, 0.2) is 0 Å². The fraction of sp³-hybridized carbons (Fsp3) is 0.667. The highest BCUT2D eigenvalue weighted by Gasteiger charge is 1.91. The molecule has 0 amide bonds. The van der Waals surface area contributed by atoms with Crippen LogP contribution in [0.2, 0.25) is 0 Å². The summed E-state index contributed by atoms with van der Waals surface area (Å²) >= 11 is 0.917. The minimum atomic E-state index is -1.23. The highest BCUT2D eigenvalue weighted by molar-refractivity contribution is 7.94. The van der Waals surface area contributed by atoms with E-state index in [2.05, 4.69) is 4.18 Å². The molecule has 0 heterocycles. The zero-order valence-electron chi connectivity index (χ0n) is 3.88. The van der Waals surface area contributed by atoms with E-state index in [-0.39, 0.29) is 0 Å². The van der Waals surface area contributed by atoms with Crippen molar-refractivity contribution in [1.29, 1.82) is 0 Å². The van der Waals surface area contributed by atoms with Crippen LogP contribution in [0.25, 0.3) is 0 Å². The Hall–Kier alpha value is -0.380. The van der Waals surface area contributed by atoms with Crippen LogP contribution >= 0.6 is 12.0 Å². The summed E-state index contributed by atoms with van der Waals surface area (Å²) in [5, 5.41) is 7.80. The van der Waals surface area contributed by atoms with Crippen molar-refractivity contribution in [2.45, 2.75) is 6.92 Å². The minimum absolute atomic E-state index is 0.659. The van der Waals surface area contributed by atoms with Crippen molar-refractivity contribution in [3.05, 3.63) is 0 Å². The van der Waals surface area contributed by atoms with E-state index in [1.165, 1.54) is 0 Å². The van der Waals surface area contributed by atoms with Gasteiger partial charge in [-0.25, -0.2) is 4.79 Å². The van der Waals surface area contributed by atoms with Gasteiger partial charge in [-0.1, -0.05) is 6.92 Å². The van der Waals surface area contributed by atoms with Crippen LogP contribution in [0.1, 0.15) is 6.92 Å². The van der Waals surface area contributed by atoms with Crippen LogP contribution in [-0.4, -0.2) is 17.0 Å². The van der Waals surface area contributed by atoms with E-state index in [9.17, 15) is 4.79 Å². The van der Waals surface area contributed by atoms with Crippen molar-refractivity contribution in [2.75, 3.05) is 5.75 Å². The standard InChI is InChI=1S/C3H6O3S/c1-2-7-6-3(4)5/h2H2,1H3,(H,4,5). The van der Waals surface area contributed by atoms with Gasteiger partial charge in [-0.2, -0.15) is 0 Å². The van der Waals surface area contributed by atoms with E-state index in [4.69, 9.17) is 5.11 Å². The van der Waals surface area contributed by atoms with Crippen LogP contribution in [0, 0.1) is 0 Å². The second kappa shape index (κ2) is 3.80. The van der Waals surface area contributed by atoms with Gasteiger partial charge < -0.3 is 9.29 Å². The fourth-order valence-electron chi connectivity index (χ4n) is 0.109. The molecule has 0 aromatic heterocycles. The van der Waals surface area contributed by atoms with Crippen molar-refractivity contribution in [2.24, 2.45) is 0 Å². The molecule has 3 nitrogen and oxygen atoms in total. The first-order valence-corrected chi connectivity index (χ1v) is 2.70. The molecular weight excluding hydrogens is 116 g/mol.